The average molecular weight is 578 g/mol. The number of nitrogens with two attached hydrogens (primary N) is 1. The molecule has 0 fully saturated rings. The normalized spacial score (nSPS) is 19.5. The Bertz CT molecular complexity index is 685. The zero-order chi connectivity index (χ0) is 29.1. The first-order chi connectivity index (χ1) is 15.9. The minimum absolute atomic E-state index is 0.0270. The lowest BCUT2D eigenvalue weighted by Crippen LogP contribution is -2.68. The molecule has 0 heterocycles. The van der Waals surface area contributed by atoms with Crippen LogP contribution in [-0.4, -0.2) is 55.6 Å². The third-order valence-corrected chi connectivity index (χ3v) is 24.4. The maximum Gasteiger partial charge on any atom is 0.216 e. The van der Waals surface area contributed by atoms with E-state index in [2.05, 4.69) is 114 Å². The molecule has 0 saturated heterocycles. The van der Waals surface area contributed by atoms with Crippen molar-refractivity contribution in [3.63, 3.8) is 0 Å². The van der Waals surface area contributed by atoms with Gasteiger partial charge in [-0.25, -0.2) is 0 Å². The Hall–Kier alpha value is 0.708. The Labute approximate surface area is 231 Å². The van der Waals surface area contributed by atoms with Crippen LogP contribution in [0.4, 0.5) is 0 Å². The molecule has 0 saturated carbocycles. The number of hydrogen-bond donors (Lipinski definition) is 1. The molecule has 0 rings (SSSR count). The van der Waals surface area contributed by atoms with E-state index in [0.717, 1.165) is 38.1 Å². The molecule has 0 aromatic heterocycles. The van der Waals surface area contributed by atoms with Crippen molar-refractivity contribution >= 4 is 33.0 Å². The summed E-state index contributed by atoms with van der Waals surface area (Å²) in [6, 6.07) is 1.08. The van der Waals surface area contributed by atoms with Gasteiger partial charge in [0.1, 0.15) is 0 Å². The van der Waals surface area contributed by atoms with Gasteiger partial charge in [0.05, 0.1) is 18.9 Å². The summed E-state index contributed by atoms with van der Waals surface area (Å²) >= 11 is 0. The van der Waals surface area contributed by atoms with E-state index >= 15 is 0 Å². The molecule has 0 aliphatic rings. The van der Waals surface area contributed by atoms with Crippen LogP contribution in [0.15, 0.2) is 0 Å². The molecule has 0 bridgehead atoms. The average Bonchev–Trinajstić information content (AvgIpc) is 2.72. The van der Waals surface area contributed by atoms with Crippen molar-refractivity contribution in [2.45, 2.75) is 174 Å². The first-order valence-corrected chi connectivity index (χ1v) is 27.2. The predicted octanol–water partition coefficient (Wildman–Crippen LogP) is 9.09. The Kier molecular flexibility index (Phi) is 12.7. The molecule has 0 spiro atoms. The van der Waals surface area contributed by atoms with E-state index < -0.39 is 33.0 Å². The van der Waals surface area contributed by atoms with Gasteiger partial charge in [-0.2, -0.15) is 0 Å². The largest absolute Gasteiger partial charge is 0.414 e. The van der Waals surface area contributed by atoms with Crippen LogP contribution < -0.4 is 5.73 Å². The van der Waals surface area contributed by atoms with Crippen LogP contribution in [0.2, 0.25) is 70.0 Å². The van der Waals surface area contributed by atoms with Crippen molar-refractivity contribution in [1.82, 2.24) is 0 Å². The van der Waals surface area contributed by atoms with Gasteiger partial charge in [-0.3, -0.25) is 0 Å². The van der Waals surface area contributed by atoms with Crippen LogP contribution in [0.25, 0.3) is 0 Å². The quantitative estimate of drug-likeness (QED) is 0.175. The van der Waals surface area contributed by atoms with Gasteiger partial charge in [0.25, 0.3) is 0 Å². The van der Waals surface area contributed by atoms with Gasteiger partial charge < -0.3 is 19.0 Å². The molecule has 0 aromatic rings. The molecule has 0 radical (unpaired) electrons. The second kappa shape index (κ2) is 12.5. The lowest BCUT2D eigenvalue weighted by atomic mass is 9.85. The SMILES string of the molecule is CCC(C)(O[Si](C)(C)C(C)(C)O[Si](C)(C)C)C(C)(CC)[Si](C)(CCCN)OC(CC)(CC)[Si](C)(C)C. The van der Waals surface area contributed by atoms with E-state index in [1.165, 1.54) is 0 Å². The fourth-order valence-corrected chi connectivity index (χ4v) is 20.7. The Morgan fingerprint density at radius 3 is 1.42 bits per heavy atom. The van der Waals surface area contributed by atoms with Crippen molar-refractivity contribution in [3.8, 4) is 0 Å². The minimum Gasteiger partial charge on any atom is -0.414 e. The van der Waals surface area contributed by atoms with Crippen LogP contribution in [0.1, 0.15) is 87.5 Å². The molecular formula is C28H67NO3Si4. The number of rotatable bonds is 17. The Morgan fingerprint density at radius 2 is 1.11 bits per heavy atom. The lowest BCUT2D eigenvalue weighted by molar-refractivity contribution is -0.0113. The molecule has 0 amide bonds. The Morgan fingerprint density at radius 1 is 0.639 bits per heavy atom. The molecule has 8 heteroatoms. The minimum atomic E-state index is -2.35. The van der Waals surface area contributed by atoms with Crippen LogP contribution in [0, 0.1) is 0 Å². The maximum absolute atomic E-state index is 7.73. The first kappa shape index (κ1) is 36.7. The van der Waals surface area contributed by atoms with E-state index in [0.29, 0.717) is 6.54 Å². The van der Waals surface area contributed by atoms with Crippen molar-refractivity contribution < 1.29 is 13.3 Å². The van der Waals surface area contributed by atoms with Crippen molar-refractivity contribution in [2.75, 3.05) is 6.54 Å². The van der Waals surface area contributed by atoms with E-state index in [-0.39, 0.29) is 21.1 Å². The zero-order valence-corrected chi connectivity index (χ0v) is 31.8. The smallest absolute Gasteiger partial charge is 0.216 e. The monoisotopic (exact) mass is 577 g/mol. The molecule has 4 nitrogen and oxygen atoms in total. The van der Waals surface area contributed by atoms with Gasteiger partial charge in [-0.1, -0.05) is 54.3 Å². The third kappa shape index (κ3) is 7.67. The number of hydrogen-bond acceptors (Lipinski definition) is 4. The fraction of sp³-hybridized carbons (Fsp3) is 1.00. The summed E-state index contributed by atoms with van der Waals surface area (Å²) < 4.78 is 22.0. The van der Waals surface area contributed by atoms with E-state index in [9.17, 15) is 0 Å². The van der Waals surface area contributed by atoms with E-state index in [4.69, 9.17) is 19.0 Å². The van der Waals surface area contributed by atoms with Gasteiger partial charge in [0, 0.05) is 10.3 Å². The summed E-state index contributed by atoms with van der Waals surface area (Å²) in [5.74, 6) is 0. The highest BCUT2D eigenvalue weighted by Gasteiger charge is 2.62. The van der Waals surface area contributed by atoms with Crippen molar-refractivity contribution in [3.05, 3.63) is 0 Å². The van der Waals surface area contributed by atoms with Crippen molar-refractivity contribution in [1.29, 1.82) is 0 Å². The fourth-order valence-electron chi connectivity index (χ4n) is 6.37. The highest BCUT2D eigenvalue weighted by molar-refractivity contribution is 6.82. The highest BCUT2D eigenvalue weighted by atomic mass is 28.4. The summed E-state index contributed by atoms with van der Waals surface area (Å²) in [6.07, 6.45) is 5.16. The zero-order valence-electron chi connectivity index (χ0n) is 27.8. The summed E-state index contributed by atoms with van der Waals surface area (Å²) in [5, 5.41) is -0.368. The Balaban J connectivity index is 6.91. The van der Waals surface area contributed by atoms with Gasteiger partial charge >= 0.3 is 0 Å². The van der Waals surface area contributed by atoms with E-state index in [1.54, 1.807) is 0 Å². The van der Waals surface area contributed by atoms with Gasteiger partial charge in [-0.15, -0.1) is 0 Å². The van der Waals surface area contributed by atoms with Crippen LogP contribution >= 0.6 is 0 Å². The van der Waals surface area contributed by atoms with Gasteiger partial charge in [0.2, 0.25) is 8.32 Å². The molecule has 3 unspecified atom stereocenters. The molecule has 0 aliphatic carbocycles. The molecular weight excluding hydrogens is 511 g/mol. The van der Waals surface area contributed by atoms with Gasteiger partial charge in [0.15, 0.2) is 16.6 Å². The molecule has 3 atom stereocenters. The topological polar surface area (TPSA) is 53.7 Å². The van der Waals surface area contributed by atoms with Crippen LogP contribution in [0.3, 0.4) is 0 Å². The molecule has 2 N–H and O–H groups in total. The third-order valence-electron chi connectivity index (χ3n) is 10.00. The summed E-state index contributed by atoms with van der Waals surface area (Å²) in [6.45, 7) is 41.0. The molecule has 0 aliphatic heterocycles. The predicted molar refractivity (Wildman–Crippen MR) is 172 cm³/mol. The second-order valence-corrected chi connectivity index (χ2v) is 33.3. The maximum atomic E-state index is 7.73. The van der Waals surface area contributed by atoms with E-state index in [1.807, 2.05) is 0 Å². The standard InChI is InChI=1S/C28H67NO3Si4/c1-18-26(7,31-35(15,16)25(5,6)30-34(12,13)14)27(8,19-2)36(17,24-22-23-29)32-28(20-3,21-4)33(9,10)11/h18-24,29H2,1-17H3. The second-order valence-electron chi connectivity index (χ2n) is 14.8. The van der Waals surface area contributed by atoms with Crippen molar-refractivity contribution in [2.24, 2.45) is 5.73 Å². The van der Waals surface area contributed by atoms with Crippen LogP contribution in [0.5, 0.6) is 0 Å². The van der Waals surface area contributed by atoms with Gasteiger partial charge in [-0.05, 0) is 105 Å². The first-order valence-electron chi connectivity index (χ1n) is 14.7. The lowest BCUT2D eigenvalue weighted by Gasteiger charge is -2.61. The summed E-state index contributed by atoms with van der Waals surface area (Å²) in [4.78, 5) is 0. The highest BCUT2D eigenvalue weighted by Crippen LogP contribution is 2.58. The summed E-state index contributed by atoms with van der Waals surface area (Å²) in [7, 11) is -7.98. The summed E-state index contributed by atoms with van der Waals surface area (Å²) in [5.41, 5.74) is 5.83. The van der Waals surface area contributed by atoms with Crippen LogP contribution in [-0.2, 0) is 13.3 Å². The molecule has 0 aromatic carbocycles. The molecule has 218 valence electrons. The molecule has 36 heavy (non-hydrogen) atoms.